The third kappa shape index (κ3) is 4.28. The fourth-order valence-corrected chi connectivity index (χ4v) is 4.90. The molecule has 2 aromatic carbocycles. The SMILES string of the molecule is Cc1ccc(CCN2C(=O)CN(C3CCCCC3)C(=O)[C@H]2c2ccccc2C)cc1. The fraction of sp³-hybridized carbons (Fsp3) is 0.462. The number of aryl methyl sites for hydroxylation is 2. The molecule has 0 radical (unpaired) electrons. The Morgan fingerprint density at radius 1 is 0.900 bits per heavy atom. The second-order valence-electron chi connectivity index (χ2n) is 8.84. The molecule has 2 fully saturated rings. The quantitative estimate of drug-likeness (QED) is 0.731. The summed E-state index contributed by atoms with van der Waals surface area (Å²) in [6.07, 6.45) is 6.32. The van der Waals surface area contributed by atoms with Crippen molar-refractivity contribution in [3.8, 4) is 0 Å². The summed E-state index contributed by atoms with van der Waals surface area (Å²) in [6.45, 7) is 4.89. The zero-order valence-electron chi connectivity index (χ0n) is 18.1. The first-order chi connectivity index (χ1) is 14.5. The molecule has 1 heterocycles. The van der Waals surface area contributed by atoms with Crippen molar-refractivity contribution in [1.29, 1.82) is 0 Å². The molecule has 1 saturated carbocycles. The predicted molar refractivity (Wildman–Crippen MR) is 119 cm³/mol. The van der Waals surface area contributed by atoms with E-state index in [4.69, 9.17) is 0 Å². The van der Waals surface area contributed by atoms with E-state index in [1.54, 1.807) is 0 Å². The maximum atomic E-state index is 13.7. The summed E-state index contributed by atoms with van der Waals surface area (Å²) in [5.74, 6) is 0.167. The maximum absolute atomic E-state index is 13.7. The molecule has 2 amide bonds. The molecule has 1 aliphatic carbocycles. The van der Waals surface area contributed by atoms with Crippen molar-refractivity contribution in [2.45, 2.75) is 64.5 Å². The summed E-state index contributed by atoms with van der Waals surface area (Å²) >= 11 is 0. The van der Waals surface area contributed by atoms with Gasteiger partial charge in [-0.15, -0.1) is 0 Å². The fourth-order valence-electron chi connectivity index (χ4n) is 4.90. The van der Waals surface area contributed by atoms with Crippen molar-refractivity contribution in [2.75, 3.05) is 13.1 Å². The lowest BCUT2D eigenvalue weighted by Gasteiger charge is -2.45. The second kappa shape index (κ2) is 9.03. The van der Waals surface area contributed by atoms with Crippen molar-refractivity contribution in [3.05, 3.63) is 70.8 Å². The lowest BCUT2D eigenvalue weighted by molar-refractivity contribution is -0.159. The highest BCUT2D eigenvalue weighted by molar-refractivity contribution is 5.96. The number of amides is 2. The molecule has 30 heavy (non-hydrogen) atoms. The number of piperazine rings is 1. The standard InChI is InChI=1S/C26H32N2O2/c1-19-12-14-21(15-13-19)16-17-27-24(29)18-28(22-9-4-3-5-10-22)26(30)25(27)23-11-7-6-8-20(23)2/h6-8,11-15,22,25H,3-5,9-10,16-18H2,1-2H3/t25-/m1/s1. The molecule has 0 N–H and O–H groups in total. The minimum Gasteiger partial charge on any atom is -0.328 e. The van der Waals surface area contributed by atoms with E-state index in [1.165, 1.54) is 17.5 Å². The Labute approximate surface area is 179 Å². The Morgan fingerprint density at radius 3 is 2.30 bits per heavy atom. The van der Waals surface area contributed by atoms with Crippen molar-refractivity contribution in [1.82, 2.24) is 9.80 Å². The first-order valence-electron chi connectivity index (χ1n) is 11.3. The summed E-state index contributed by atoms with van der Waals surface area (Å²) < 4.78 is 0. The number of hydrogen-bond acceptors (Lipinski definition) is 2. The van der Waals surface area contributed by atoms with E-state index in [9.17, 15) is 9.59 Å². The van der Waals surface area contributed by atoms with Gasteiger partial charge in [0.05, 0.1) is 0 Å². The molecular weight excluding hydrogens is 372 g/mol. The summed E-state index contributed by atoms with van der Waals surface area (Å²) in [4.78, 5) is 30.7. The lowest BCUT2D eigenvalue weighted by Crippen LogP contribution is -2.59. The van der Waals surface area contributed by atoms with Gasteiger partial charge < -0.3 is 9.80 Å². The average Bonchev–Trinajstić information content (AvgIpc) is 2.76. The second-order valence-corrected chi connectivity index (χ2v) is 8.84. The van der Waals surface area contributed by atoms with E-state index in [1.807, 2.05) is 41.0 Å². The number of carbonyl (C=O) groups excluding carboxylic acids is 2. The van der Waals surface area contributed by atoms with Gasteiger partial charge in [-0.25, -0.2) is 0 Å². The number of rotatable bonds is 5. The van der Waals surface area contributed by atoms with Crippen LogP contribution in [0, 0.1) is 13.8 Å². The molecule has 0 unspecified atom stereocenters. The average molecular weight is 405 g/mol. The molecule has 0 bridgehead atoms. The molecule has 4 nitrogen and oxygen atoms in total. The molecule has 2 aliphatic rings. The van der Waals surface area contributed by atoms with Crippen LogP contribution < -0.4 is 0 Å². The van der Waals surface area contributed by atoms with Crippen molar-refractivity contribution < 1.29 is 9.59 Å². The number of benzene rings is 2. The summed E-state index contributed by atoms with van der Waals surface area (Å²) in [7, 11) is 0. The highest BCUT2D eigenvalue weighted by Gasteiger charge is 2.43. The molecule has 1 aliphatic heterocycles. The first-order valence-corrected chi connectivity index (χ1v) is 11.3. The number of carbonyl (C=O) groups is 2. The normalized spacial score (nSPS) is 20.7. The molecule has 158 valence electrons. The molecule has 4 rings (SSSR count). The monoisotopic (exact) mass is 404 g/mol. The number of hydrogen-bond donors (Lipinski definition) is 0. The molecule has 0 spiro atoms. The minimum atomic E-state index is -0.514. The molecule has 2 aromatic rings. The van der Waals surface area contributed by atoms with E-state index >= 15 is 0 Å². The molecular formula is C26H32N2O2. The first kappa shape index (κ1) is 20.6. The van der Waals surface area contributed by atoms with E-state index < -0.39 is 6.04 Å². The van der Waals surface area contributed by atoms with Crippen LogP contribution in [0.25, 0.3) is 0 Å². The third-order valence-corrected chi connectivity index (χ3v) is 6.72. The molecule has 1 saturated heterocycles. The van der Waals surface area contributed by atoms with E-state index in [2.05, 4.69) is 31.2 Å². The molecule has 0 aromatic heterocycles. The highest BCUT2D eigenvalue weighted by atomic mass is 16.2. The predicted octanol–water partition coefficient (Wildman–Crippen LogP) is 4.59. The van der Waals surface area contributed by atoms with Crippen LogP contribution in [0.1, 0.15) is 60.4 Å². The maximum Gasteiger partial charge on any atom is 0.250 e. The van der Waals surface area contributed by atoms with Gasteiger partial charge in [-0.1, -0.05) is 73.4 Å². The van der Waals surface area contributed by atoms with Crippen LogP contribution >= 0.6 is 0 Å². The topological polar surface area (TPSA) is 40.6 Å². The summed E-state index contributed by atoms with van der Waals surface area (Å²) in [6, 6.07) is 16.1. The Bertz CT molecular complexity index is 900. The van der Waals surface area contributed by atoms with Gasteiger partial charge in [-0.3, -0.25) is 9.59 Å². The van der Waals surface area contributed by atoms with Crippen molar-refractivity contribution in [2.24, 2.45) is 0 Å². The third-order valence-electron chi connectivity index (χ3n) is 6.72. The Balaban J connectivity index is 1.61. The molecule has 1 atom stereocenters. The van der Waals surface area contributed by atoms with E-state index in [-0.39, 0.29) is 24.4 Å². The van der Waals surface area contributed by atoms with Crippen LogP contribution in [0.3, 0.4) is 0 Å². The van der Waals surface area contributed by atoms with Crippen LogP contribution in [0.4, 0.5) is 0 Å². The van der Waals surface area contributed by atoms with Gasteiger partial charge in [0.25, 0.3) is 5.91 Å². The Kier molecular flexibility index (Phi) is 6.21. The zero-order chi connectivity index (χ0) is 21.1. The lowest BCUT2D eigenvalue weighted by atomic mass is 9.90. The van der Waals surface area contributed by atoms with Gasteiger partial charge in [0.15, 0.2) is 0 Å². The highest BCUT2D eigenvalue weighted by Crippen LogP contribution is 2.33. The van der Waals surface area contributed by atoms with Crippen molar-refractivity contribution >= 4 is 11.8 Å². The van der Waals surface area contributed by atoms with Gasteiger partial charge in [0, 0.05) is 12.6 Å². The number of nitrogens with zero attached hydrogens (tertiary/aromatic N) is 2. The summed E-state index contributed by atoms with van der Waals surface area (Å²) in [5, 5.41) is 0. The van der Waals surface area contributed by atoms with E-state index in [0.29, 0.717) is 6.54 Å². The Hall–Kier alpha value is -2.62. The zero-order valence-corrected chi connectivity index (χ0v) is 18.1. The van der Waals surface area contributed by atoms with E-state index in [0.717, 1.165) is 43.2 Å². The van der Waals surface area contributed by atoms with Gasteiger partial charge in [0.1, 0.15) is 12.6 Å². The largest absolute Gasteiger partial charge is 0.328 e. The van der Waals surface area contributed by atoms with Crippen LogP contribution in [0.2, 0.25) is 0 Å². The molecule has 4 heteroatoms. The van der Waals surface area contributed by atoms with Gasteiger partial charge in [0.2, 0.25) is 5.91 Å². The van der Waals surface area contributed by atoms with Gasteiger partial charge in [-0.2, -0.15) is 0 Å². The van der Waals surface area contributed by atoms with Crippen LogP contribution in [0.15, 0.2) is 48.5 Å². The van der Waals surface area contributed by atoms with Gasteiger partial charge >= 0.3 is 0 Å². The van der Waals surface area contributed by atoms with Crippen LogP contribution in [-0.2, 0) is 16.0 Å². The van der Waals surface area contributed by atoms with Crippen LogP contribution in [-0.4, -0.2) is 40.7 Å². The van der Waals surface area contributed by atoms with Crippen molar-refractivity contribution in [3.63, 3.8) is 0 Å². The Morgan fingerprint density at radius 2 is 1.60 bits per heavy atom. The van der Waals surface area contributed by atoms with Gasteiger partial charge in [-0.05, 0) is 49.8 Å². The minimum absolute atomic E-state index is 0.0699. The van der Waals surface area contributed by atoms with Crippen LogP contribution in [0.5, 0.6) is 0 Å². The summed E-state index contributed by atoms with van der Waals surface area (Å²) in [5.41, 5.74) is 4.44. The smallest absolute Gasteiger partial charge is 0.250 e.